The number of rotatable bonds is 6. The first-order valence-corrected chi connectivity index (χ1v) is 8.71. The number of nitrogens with one attached hydrogen (secondary N) is 1. The number of fused-ring (bicyclic) bond motifs is 2. The maximum absolute atomic E-state index is 3.62. The number of benzene rings is 1. The molecule has 0 amide bonds. The Morgan fingerprint density at radius 2 is 1.81 bits per heavy atom. The maximum Gasteiger partial charge on any atom is 0.00989 e. The zero-order valence-electron chi connectivity index (χ0n) is 13.6. The van der Waals surface area contributed by atoms with Gasteiger partial charge in [0.1, 0.15) is 0 Å². The van der Waals surface area contributed by atoms with E-state index >= 15 is 0 Å². The van der Waals surface area contributed by atoms with Crippen molar-refractivity contribution in [1.82, 2.24) is 10.2 Å². The summed E-state index contributed by atoms with van der Waals surface area (Å²) in [6, 6.07) is 13.4. The van der Waals surface area contributed by atoms with Gasteiger partial charge in [-0.2, -0.15) is 0 Å². The van der Waals surface area contributed by atoms with Gasteiger partial charge in [-0.05, 0) is 70.5 Å². The lowest BCUT2D eigenvalue weighted by atomic mass is 9.83. The number of hydrogen-bond acceptors (Lipinski definition) is 2. The maximum atomic E-state index is 3.62. The summed E-state index contributed by atoms with van der Waals surface area (Å²) in [6.07, 6.45) is 9.51. The van der Waals surface area contributed by atoms with Gasteiger partial charge in [0.25, 0.3) is 0 Å². The number of piperidine rings is 1. The van der Waals surface area contributed by atoms with Gasteiger partial charge in [0.15, 0.2) is 0 Å². The molecule has 3 unspecified atom stereocenters. The average Bonchev–Trinajstić information content (AvgIpc) is 2.74. The molecular formula is C19H30N2. The van der Waals surface area contributed by atoms with E-state index in [1.807, 2.05) is 0 Å². The van der Waals surface area contributed by atoms with Crippen molar-refractivity contribution in [2.75, 3.05) is 14.1 Å². The molecule has 0 saturated carbocycles. The third kappa shape index (κ3) is 3.49. The van der Waals surface area contributed by atoms with E-state index in [9.17, 15) is 0 Å². The molecule has 3 atom stereocenters. The van der Waals surface area contributed by atoms with Crippen molar-refractivity contribution in [2.24, 2.45) is 5.92 Å². The molecule has 21 heavy (non-hydrogen) atoms. The smallest absolute Gasteiger partial charge is 0.00989 e. The Hall–Kier alpha value is -0.860. The van der Waals surface area contributed by atoms with Crippen molar-refractivity contribution >= 4 is 0 Å². The van der Waals surface area contributed by atoms with Gasteiger partial charge in [0.2, 0.25) is 0 Å². The summed E-state index contributed by atoms with van der Waals surface area (Å²) in [5, 5.41) is 3.62. The monoisotopic (exact) mass is 286 g/mol. The minimum atomic E-state index is 0.713. The third-order valence-electron chi connectivity index (χ3n) is 5.90. The van der Waals surface area contributed by atoms with Crippen LogP contribution in [0, 0.1) is 5.92 Å². The van der Waals surface area contributed by atoms with Crippen LogP contribution in [-0.4, -0.2) is 37.1 Å². The molecule has 2 aliphatic rings. The summed E-state index contributed by atoms with van der Waals surface area (Å²) < 4.78 is 0. The molecule has 1 aromatic carbocycles. The van der Waals surface area contributed by atoms with Gasteiger partial charge in [-0.25, -0.2) is 0 Å². The molecule has 1 aromatic rings. The summed E-state index contributed by atoms with van der Waals surface area (Å²) >= 11 is 0. The van der Waals surface area contributed by atoms with Gasteiger partial charge >= 0.3 is 0 Å². The minimum Gasteiger partial charge on any atom is -0.317 e. The van der Waals surface area contributed by atoms with Crippen LogP contribution in [0.15, 0.2) is 30.3 Å². The molecule has 2 saturated heterocycles. The highest BCUT2D eigenvalue weighted by Crippen LogP contribution is 2.39. The summed E-state index contributed by atoms with van der Waals surface area (Å²) in [4.78, 5) is 2.65. The Kier molecular flexibility index (Phi) is 4.97. The predicted octanol–water partition coefficient (Wildman–Crippen LogP) is 3.47. The Morgan fingerprint density at radius 1 is 1.14 bits per heavy atom. The number of aryl methyl sites for hydroxylation is 1. The van der Waals surface area contributed by atoms with Crippen LogP contribution in [-0.2, 0) is 6.42 Å². The second-order valence-corrected chi connectivity index (χ2v) is 7.05. The van der Waals surface area contributed by atoms with Crippen LogP contribution in [0.5, 0.6) is 0 Å². The molecule has 1 N–H and O–H groups in total. The molecule has 0 radical (unpaired) electrons. The Morgan fingerprint density at radius 3 is 2.43 bits per heavy atom. The van der Waals surface area contributed by atoms with E-state index in [4.69, 9.17) is 0 Å². The van der Waals surface area contributed by atoms with E-state index in [2.05, 4.69) is 54.6 Å². The third-order valence-corrected chi connectivity index (χ3v) is 5.90. The van der Waals surface area contributed by atoms with E-state index in [1.54, 1.807) is 0 Å². The van der Waals surface area contributed by atoms with Crippen LogP contribution >= 0.6 is 0 Å². The summed E-state index contributed by atoms with van der Waals surface area (Å²) in [7, 11) is 4.50. The van der Waals surface area contributed by atoms with Gasteiger partial charge in [-0.3, -0.25) is 0 Å². The molecule has 2 heteroatoms. The second-order valence-electron chi connectivity index (χ2n) is 7.05. The van der Waals surface area contributed by atoms with Crippen LogP contribution in [0.4, 0.5) is 0 Å². The van der Waals surface area contributed by atoms with Crippen LogP contribution < -0.4 is 5.32 Å². The molecule has 2 bridgehead atoms. The van der Waals surface area contributed by atoms with E-state index in [-0.39, 0.29) is 0 Å². The van der Waals surface area contributed by atoms with Crippen molar-refractivity contribution in [3.8, 4) is 0 Å². The quantitative estimate of drug-likeness (QED) is 0.861. The van der Waals surface area contributed by atoms with Crippen LogP contribution in [0.2, 0.25) is 0 Å². The topological polar surface area (TPSA) is 15.3 Å². The molecule has 3 rings (SSSR count). The van der Waals surface area contributed by atoms with Gasteiger partial charge in [-0.1, -0.05) is 30.3 Å². The van der Waals surface area contributed by atoms with Gasteiger partial charge in [0.05, 0.1) is 0 Å². The van der Waals surface area contributed by atoms with E-state index < -0.39 is 0 Å². The molecule has 0 aromatic heterocycles. The molecule has 0 spiro atoms. The summed E-state index contributed by atoms with van der Waals surface area (Å²) in [5.41, 5.74) is 1.48. The standard InChI is InChI=1S/C19H30N2/c1-20-19(10-6-9-15-7-4-3-5-8-15)16-13-17-11-12-18(14-16)21(17)2/h3-5,7-8,16-20H,6,9-14H2,1-2H3. The average molecular weight is 286 g/mol. The van der Waals surface area contributed by atoms with E-state index in [0.29, 0.717) is 6.04 Å². The summed E-state index contributed by atoms with van der Waals surface area (Å²) in [6.45, 7) is 0. The summed E-state index contributed by atoms with van der Waals surface area (Å²) in [5.74, 6) is 0.888. The highest BCUT2D eigenvalue weighted by Gasteiger charge is 2.40. The molecule has 2 aliphatic heterocycles. The molecule has 2 nitrogen and oxygen atoms in total. The van der Waals surface area contributed by atoms with Crippen molar-refractivity contribution in [2.45, 2.75) is 63.1 Å². The molecular weight excluding hydrogens is 256 g/mol. The zero-order chi connectivity index (χ0) is 14.7. The normalized spacial score (nSPS) is 30.5. The fourth-order valence-electron chi connectivity index (χ4n) is 4.57. The van der Waals surface area contributed by atoms with Crippen molar-refractivity contribution in [1.29, 1.82) is 0 Å². The highest BCUT2D eigenvalue weighted by atomic mass is 15.2. The zero-order valence-corrected chi connectivity index (χ0v) is 13.6. The number of hydrogen-bond donors (Lipinski definition) is 1. The molecule has 2 fully saturated rings. The van der Waals surface area contributed by atoms with Crippen molar-refractivity contribution in [3.63, 3.8) is 0 Å². The fourth-order valence-corrected chi connectivity index (χ4v) is 4.57. The molecule has 0 aliphatic carbocycles. The van der Waals surface area contributed by atoms with Crippen LogP contribution in [0.25, 0.3) is 0 Å². The first kappa shape index (κ1) is 15.1. The predicted molar refractivity (Wildman–Crippen MR) is 89.5 cm³/mol. The van der Waals surface area contributed by atoms with Crippen LogP contribution in [0.1, 0.15) is 44.1 Å². The molecule has 2 heterocycles. The Labute approximate surface area is 129 Å². The highest BCUT2D eigenvalue weighted by molar-refractivity contribution is 5.14. The SMILES string of the molecule is CNC(CCCc1ccccc1)C1CC2CCC(C1)N2C. The van der Waals surface area contributed by atoms with Crippen molar-refractivity contribution < 1.29 is 0 Å². The lowest BCUT2D eigenvalue weighted by Crippen LogP contribution is -2.46. The van der Waals surface area contributed by atoms with Gasteiger partial charge < -0.3 is 10.2 Å². The minimum absolute atomic E-state index is 0.713. The van der Waals surface area contributed by atoms with E-state index in [1.165, 1.54) is 50.5 Å². The first-order chi connectivity index (χ1) is 10.3. The number of nitrogens with zero attached hydrogens (tertiary/aromatic N) is 1. The lowest BCUT2D eigenvalue weighted by molar-refractivity contribution is 0.111. The fraction of sp³-hybridized carbons (Fsp3) is 0.684. The second kappa shape index (κ2) is 6.93. The molecule has 116 valence electrons. The Balaban J connectivity index is 1.49. The van der Waals surface area contributed by atoms with Gasteiger partial charge in [0, 0.05) is 18.1 Å². The lowest BCUT2D eigenvalue weighted by Gasteiger charge is -2.40. The van der Waals surface area contributed by atoms with Gasteiger partial charge in [-0.15, -0.1) is 0 Å². The van der Waals surface area contributed by atoms with Crippen LogP contribution in [0.3, 0.4) is 0 Å². The largest absolute Gasteiger partial charge is 0.317 e. The Bertz CT molecular complexity index is 416. The first-order valence-electron chi connectivity index (χ1n) is 8.71. The van der Waals surface area contributed by atoms with E-state index in [0.717, 1.165) is 18.0 Å². The van der Waals surface area contributed by atoms with Crippen molar-refractivity contribution in [3.05, 3.63) is 35.9 Å².